The van der Waals surface area contributed by atoms with Crippen molar-refractivity contribution in [3.05, 3.63) is 36.4 Å². The fourth-order valence-corrected chi connectivity index (χ4v) is 5.32. The van der Waals surface area contributed by atoms with Gasteiger partial charge in [-0.3, -0.25) is 0 Å². The minimum Gasteiger partial charge on any atom is -0.741 e. The van der Waals surface area contributed by atoms with Crippen LogP contribution in [-0.2, 0) is 21.0 Å². The van der Waals surface area contributed by atoms with Gasteiger partial charge >= 0.3 is 5.51 Å². The number of fused-ring (bicyclic) bond motifs is 1. The van der Waals surface area contributed by atoms with E-state index in [2.05, 4.69) is 43.3 Å². The van der Waals surface area contributed by atoms with Crippen molar-refractivity contribution in [1.82, 2.24) is 0 Å². The van der Waals surface area contributed by atoms with E-state index in [1.807, 2.05) is 0 Å². The average Bonchev–Trinajstić information content (AvgIpc) is 3.15. The zero-order valence-corrected chi connectivity index (χ0v) is 17.1. The third kappa shape index (κ3) is 6.02. The summed E-state index contributed by atoms with van der Waals surface area (Å²) >= 11 is 0. The summed E-state index contributed by atoms with van der Waals surface area (Å²) in [6, 6.07) is 13.3. The van der Waals surface area contributed by atoms with Crippen LogP contribution in [0.1, 0.15) is 32.6 Å². The Kier molecular flexibility index (Phi) is 8.03. The van der Waals surface area contributed by atoms with Gasteiger partial charge < -0.3 is 9.29 Å². The Hall–Kier alpha value is -1.45. The van der Waals surface area contributed by atoms with Crippen LogP contribution in [0.4, 0.5) is 13.2 Å². The second-order valence-corrected chi connectivity index (χ2v) is 9.93. The fraction of sp³-hybridized carbons (Fsp3) is 0.474. The second kappa shape index (κ2) is 9.84. The first-order valence-electron chi connectivity index (χ1n) is 8.99. The molecule has 1 aliphatic rings. The second-order valence-electron chi connectivity index (χ2n) is 6.32. The molecule has 28 heavy (non-hydrogen) atoms. The molecule has 0 amide bonds. The van der Waals surface area contributed by atoms with Gasteiger partial charge in [-0.2, -0.15) is 13.2 Å². The molecule has 1 saturated heterocycles. The van der Waals surface area contributed by atoms with Gasteiger partial charge in [-0.1, -0.05) is 31.5 Å². The summed E-state index contributed by atoms with van der Waals surface area (Å²) in [5.74, 6) is 3.81. The number of hydrogen-bond donors (Lipinski definition) is 0. The van der Waals surface area contributed by atoms with Crippen molar-refractivity contribution in [2.45, 2.75) is 43.0 Å². The first-order chi connectivity index (χ1) is 13.1. The van der Waals surface area contributed by atoms with Crippen LogP contribution in [0.2, 0.25) is 0 Å². The molecule has 0 N–H and O–H groups in total. The molecule has 2 aromatic rings. The van der Waals surface area contributed by atoms with Crippen LogP contribution >= 0.6 is 0 Å². The maximum Gasteiger partial charge on any atom is 0.485 e. The summed E-state index contributed by atoms with van der Waals surface area (Å²) in [4.78, 5) is 1.56. The Bertz CT molecular complexity index is 876. The van der Waals surface area contributed by atoms with Gasteiger partial charge in [0.05, 0.1) is 6.61 Å². The van der Waals surface area contributed by atoms with Gasteiger partial charge in [-0.15, -0.1) is 0 Å². The molecular formula is C19H23F3O4S2. The first-order valence-corrected chi connectivity index (χ1v) is 12.0. The largest absolute Gasteiger partial charge is 0.741 e. The molecule has 3 rings (SSSR count). The molecule has 1 fully saturated rings. The standard InChI is InChI=1S/C18H23OS.CHF3O3S/c1-2-3-12-19-17-10-11-18(20-13-6-7-14-20)16-9-5-4-8-15(16)17;2-1(3,4)8(5,6)7/h4-5,8-11H,2-3,6-7,12-14H2,1H3;(H,5,6,7)/q+1;/p-1. The number of alkyl halides is 3. The van der Waals surface area contributed by atoms with E-state index in [0.29, 0.717) is 10.9 Å². The van der Waals surface area contributed by atoms with E-state index in [4.69, 9.17) is 17.7 Å². The van der Waals surface area contributed by atoms with Crippen LogP contribution in [-0.4, -0.2) is 36.6 Å². The Labute approximate surface area is 166 Å². The number of halogens is 3. The molecule has 0 unspecified atom stereocenters. The van der Waals surface area contributed by atoms with Crippen molar-refractivity contribution in [3.63, 3.8) is 0 Å². The van der Waals surface area contributed by atoms with E-state index >= 15 is 0 Å². The maximum atomic E-state index is 10.7. The first kappa shape index (κ1) is 22.8. The van der Waals surface area contributed by atoms with Crippen molar-refractivity contribution in [2.24, 2.45) is 0 Å². The molecule has 4 nitrogen and oxygen atoms in total. The molecule has 2 aromatic carbocycles. The SMILES string of the molecule is CCCCOc1ccc([S+]2CCCC2)c2ccccc12.O=S(=O)([O-])C(F)(F)F. The number of hydrogen-bond acceptors (Lipinski definition) is 4. The molecule has 0 aliphatic carbocycles. The van der Waals surface area contributed by atoms with E-state index in [1.165, 1.54) is 41.5 Å². The van der Waals surface area contributed by atoms with Crippen molar-refractivity contribution < 1.29 is 30.9 Å². The molecular weight excluding hydrogens is 413 g/mol. The quantitative estimate of drug-likeness (QED) is 0.291. The highest BCUT2D eigenvalue weighted by Gasteiger charge is 2.37. The number of unbranched alkanes of at least 4 members (excludes halogenated alkanes) is 1. The van der Waals surface area contributed by atoms with E-state index in [0.717, 1.165) is 18.8 Å². The van der Waals surface area contributed by atoms with Crippen LogP contribution in [0.25, 0.3) is 10.8 Å². The van der Waals surface area contributed by atoms with Gasteiger partial charge in [0, 0.05) is 21.7 Å². The Morgan fingerprint density at radius 2 is 1.64 bits per heavy atom. The van der Waals surface area contributed by atoms with Crippen LogP contribution in [0, 0.1) is 0 Å². The summed E-state index contributed by atoms with van der Waals surface area (Å²) < 4.78 is 64.9. The van der Waals surface area contributed by atoms with E-state index in [9.17, 15) is 13.2 Å². The van der Waals surface area contributed by atoms with Crippen molar-refractivity contribution in [3.8, 4) is 5.75 Å². The molecule has 0 aromatic heterocycles. The van der Waals surface area contributed by atoms with Gasteiger partial charge in [-0.05, 0) is 37.5 Å². The summed E-state index contributed by atoms with van der Waals surface area (Å²) in [6.07, 6.45) is 5.10. The van der Waals surface area contributed by atoms with E-state index < -0.39 is 15.6 Å². The summed E-state index contributed by atoms with van der Waals surface area (Å²) in [6.45, 7) is 3.03. The smallest absolute Gasteiger partial charge is 0.485 e. The molecule has 9 heteroatoms. The number of benzene rings is 2. The molecule has 1 heterocycles. The van der Waals surface area contributed by atoms with Gasteiger partial charge in [0.2, 0.25) is 0 Å². The molecule has 0 atom stereocenters. The third-order valence-electron chi connectivity index (χ3n) is 4.23. The molecule has 0 saturated carbocycles. The molecule has 0 bridgehead atoms. The lowest BCUT2D eigenvalue weighted by Gasteiger charge is -2.11. The van der Waals surface area contributed by atoms with Gasteiger partial charge in [0.25, 0.3) is 0 Å². The Morgan fingerprint density at radius 3 is 2.18 bits per heavy atom. The van der Waals surface area contributed by atoms with Crippen molar-refractivity contribution >= 4 is 31.8 Å². The maximum absolute atomic E-state index is 10.7. The van der Waals surface area contributed by atoms with Gasteiger partial charge in [0.1, 0.15) is 17.3 Å². The number of ether oxygens (including phenoxy) is 1. The van der Waals surface area contributed by atoms with Crippen LogP contribution in [0.5, 0.6) is 5.75 Å². The highest BCUT2D eigenvalue weighted by molar-refractivity contribution is 7.97. The van der Waals surface area contributed by atoms with Gasteiger partial charge in [0.15, 0.2) is 15.0 Å². The predicted molar refractivity (Wildman–Crippen MR) is 105 cm³/mol. The molecule has 1 aliphatic heterocycles. The van der Waals surface area contributed by atoms with Gasteiger partial charge in [-0.25, -0.2) is 8.42 Å². The lowest BCUT2D eigenvalue weighted by molar-refractivity contribution is -0.0517. The highest BCUT2D eigenvalue weighted by atomic mass is 32.2. The zero-order chi connectivity index (χ0) is 20.8. The topological polar surface area (TPSA) is 66.4 Å². The molecule has 0 spiro atoms. The third-order valence-corrected chi connectivity index (χ3v) is 7.33. The van der Waals surface area contributed by atoms with E-state index in [-0.39, 0.29) is 0 Å². The Morgan fingerprint density at radius 1 is 1.07 bits per heavy atom. The minimum atomic E-state index is -6.09. The van der Waals surface area contributed by atoms with E-state index in [1.54, 1.807) is 4.90 Å². The van der Waals surface area contributed by atoms with Crippen LogP contribution in [0.15, 0.2) is 41.3 Å². The average molecular weight is 437 g/mol. The van der Waals surface area contributed by atoms with Crippen LogP contribution in [0.3, 0.4) is 0 Å². The zero-order valence-electron chi connectivity index (χ0n) is 15.5. The lowest BCUT2D eigenvalue weighted by Crippen LogP contribution is -2.21. The summed E-state index contributed by atoms with van der Waals surface area (Å²) in [5, 5.41) is 2.70. The Balaban J connectivity index is 0.000000300. The molecule has 156 valence electrons. The normalized spacial score (nSPS) is 15.3. The highest BCUT2D eigenvalue weighted by Crippen LogP contribution is 2.34. The minimum absolute atomic E-state index is 0.464. The summed E-state index contributed by atoms with van der Waals surface area (Å²) in [7, 11) is -5.63. The molecule has 0 radical (unpaired) electrons. The van der Waals surface area contributed by atoms with Crippen molar-refractivity contribution in [1.29, 1.82) is 0 Å². The summed E-state index contributed by atoms with van der Waals surface area (Å²) in [5.41, 5.74) is -5.65. The van der Waals surface area contributed by atoms with Crippen molar-refractivity contribution in [2.75, 3.05) is 18.1 Å². The monoisotopic (exact) mass is 436 g/mol. The lowest BCUT2D eigenvalue weighted by atomic mass is 10.1. The fourth-order valence-electron chi connectivity index (χ4n) is 2.82. The number of rotatable bonds is 5. The predicted octanol–water partition coefficient (Wildman–Crippen LogP) is 4.84. The van der Waals surface area contributed by atoms with Crippen LogP contribution < -0.4 is 4.74 Å².